The number of carbonyl (C=O) groups is 2. The molecule has 0 N–H and O–H groups in total. The molecule has 0 radical (unpaired) electrons. The Morgan fingerprint density at radius 3 is 2.17 bits per heavy atom. The average Bonchev–Trinajstić information content (AvgIpc) is 2.61. The lowest BCUT2D eigenvalue weighted by Gasteiger charge is -2.43. The van der Waals surface area contributed by atoms with E-state index in [-0.39, 0.29) is 11.3 Å². The summed E-state index contributed by atoms with van der Waals surface area (Å²) < 4.78 is 47.2. The normalized spacial score (nSPS) is 27.1. The fourth-order valence-electron chi connectivity index (χ4n) is 3.15. The largest absolute Gasteiger partial charge is 0.459 e. The zero-order valence-electron chi connectivity index (χ0n) is 16.9. The highest BCUT2D eigenvalue weighted by Crippen LogP contribution is 2.34. The molecule has 29 heavy (non-hydrogen) atoms. The molecule has 0 saturated carbocycles. The molecule has 1 saturated heterocycles. The Morgan fingerprint density at radius 2 is 1.66 bits per heavy atom. The Balaban J connectivity index is 2.35. The summed E-state index contributed by atoms with van der Waals surface area (Å²) in [7, 11) is -4.20. The Morgan fingerprint density at radius 1 is 1.10 bits per heavy atom. The topological polar surface area (TPSA) is 105 Å². The molecule has 0 spiro atoms. The van der Waals surface area contributed by atoms with Gasteiger partial charge in [0.2, 0.25) is 6.29 Å². The van der Waals surface area contributed by atoms with Crippen molar-refractivity contribution in [3.63, 3.8) is 0 Å². The van der Waals surface area contributed by atoms with Crippen LogP contribution in [0.5, 0.6) is 0 Å². The molecule has 1 aromatic carbocycles. The predicted octanol–water partition coefficient (Wildman–Crippen LogP) is 2.50. The maximum Gasteiger partial charge on any atom is 0.303 e. The summed E-state index contributed by atoms with van der Waals surface area (Å²) in [6.45, 7) is 9.60. The highest BCUT2D eigenvalue weighted by molar-refractivity contribution is 7.86. The van der Waals surface area contributed by atoms with Crippen molar-refractivity contribution in [1.29, 1.82) is 0 Å². The monoisotopic (exact) mass is 426 g/mol. The summed E-state index contributed by atoms with van der Waals surface area (Å²) in [6, 6.07) is 6.12. The number of esters is 2. The molecule has 2 rings (SSSR count). The highest BCUT2D eigenvalue weighted by Gasteiger charge is 2.49. The zero-order chi connectivity index (χ0) is 21.8. The minimum Gasteiger partial charge on any atom is -0.459 e. The summed E-state index contributed by atoms with van der Waals surface area (Å²) in [4.78, 5) is 23.1. The van der Waals surface area contributed by atoms with Gasteiger partial charge < -0.3 is 14.2 Å². The average molecular weight is 426 g/mol. The summed E-state index contributed by atoms with van der Waals surface area (Å²) in [5.74, 6) is -1.76. The van der Waals surface area contributed by atoms with Crippen molar-refractivity contribution in [3.8, 4) is 0 Å². The second-order valence-corrected chi connectivity index (χ2v) is 8.51. The Labute approximate surface area is 170 Å². The van der Waals surface area contributed by atoms with E-state index in [1.807, 2.05) is 6.92 Å². The van der Waals surface area contributed by atoms with Gasteiger partial charge >= 0.3 is 11.9 Å². The molecule has 8 nitrogen and oxygen atoms in total. The first kappa shape index (κ1) is 23.1. The molecule has 160 valence electrons. The second-order valence-electron chi connectivity index (χ2n) is 6.94. The number of hydrogen-bond donors (Lipinski definition) is 0. The van der Waals surface area contributed by atoms with Crippen LogP contribution < -0.4 is 0 Å². The van der Waals surface area contributed by atoms with Crippen LogP contribution in [-0.4, -0.2) is 45.0 Å². The van der Waals surface area contributed by atoms with Crippen molar-refractivity contribution in [2.24, 2.45) is 5.92 Å². The Hall–Kier alpha value is -2.23. The zero-order valence-corrected chi connectivity index (χ0v) is 17.7. The van der Waals surface area contributed by atoms with Crippen LogP contribution >= 0.6 is 0 Å². The number of rotatable bonds is 7. The van der Waals surface area contributed by atoms with Crippen LogP contribution in [0, 0.1) is 12.8 Å². The molecule has 9 heteroatoms. The SMILES string of the molecule is C=CC[C@H]1O[C@@H](OS(=O)(=O)c2ccc(C)cc2)[C@@H](OC(C)=O)[C@H](C)[C@H]1OC(C)=O. The minimum atomic E-state index is -4.20. The molecule has 1 aliphatic rings. The van der Waals surface area contributed by atoms with Crippen LogP contribution in [-0.2, 0) is 38.1 Å². The van der Waals surface area contributed by atoms with Crippen molar-refractivity contribution in [1.82, 2.24) is 0 Å². The van der Waals surface area contributed by atoms with Crippen LogP contribution in [0.3, 0.4) is 0 Å². The Kier molecular flexibility index (Phi) is 7.56. The van der Waals surface area contributed by atoms with Gasteiger partial charge in [-0.05, 0) is 25.5 Å². The van der Waals surface area contributed by atoms with Crippen molar-refractivity contribution in [3.05, 3.63) is 42.5 Å². The lowest BCUT2D eigenvalue weighted by atomic mass is 9.89. The van der Waals surface area contributed by atoms with Gasteiger partial charge in [-0.15, -0.1) is 6.58 Å². The number of aryl methyl sites for hydroxylation is 1. The van der Waals surface area contributed by atoms with Gasteiger partial charge in [0.05, 0.1) is 4.90 Å². The minimum absolute atomic E-state index is 0.0525. The smallest absolute Gasteiger partial charge is 0.303 e. The Bertz CT molecular complexity index is 846. The third kappa shape index (κ3) is 5.88. The molecule has 1 heterocycles. The molecule has 0 bridgehead atoms. The van der Waals surface area contributed by atoms with Crippen molar-refractivity contribution >= 4 is 22.1 Å². The molecule has 0 unspecified atom stereocenters. The van der Waals surface area contributed by atoms with Gasteiger partial charge in [0.25, 0.3) is 10.1 Å². The molecule has 0 aliphatic carbocycles. The maximum absolute atomic E-state index is 12.7. The van der Waals surface area contributed by atoms with E-state index in [1.54, 1.807) is 25.1 Å². The molecule has 0 amide bonds. The van der Waals surface area contributed by atoms with Crippen LogP contribution in [0.25, 0.3) is 0 Å². The van der Waals surface area contributed by atoms with Crippen molar-refractivity contribution < 1.29 is 36.4 Å². The third-order valence-corrected chi connectivity index (χ3v) is 5.81. The summed E-state index contributed by atoms with van der Waals surface area (Å²) in [6.07, 6.45) is -2.14. The first-order valence-corrected chi connectivity index (χ1v) is 10.6. The highest BCUT2D eigenvalue weighted by atomic mass is 32.2. The lowest BCUT2D eigenvalue weighted by molar-refractivity contribution is -0.263. The number of carbonyl (C=O) groups excluding carboxylic acids is 2. The standard InChI is InChI=1S/C20H26O8S/c1-6-7-17-18(25-14(4)21)13(3)19(26-15(5)22)20(27-17)28-29(23,24)16-10-8-12(2)9-11-16/h6,8-11,13,17-20H,1,7H2,2-5H3/t13-,17-,18-,19+,20+/m1/s1. The van der Waals surface area contributed by atoms with Gasteiger partial charge in [0, 0.05) is 19.8 Å². The summed E-state index contributed by atoms with van der Waals surface area (Å²) in [5, 5.41) is 0. The van der Waals surface area contributed by atoms with E-state index in [0.29, 0.717) is 0 Å². The predicted molar refractivity (Wildman–Crippen MR) is 103 cm³/mol. The second kappa shape index (κ2) is 9.51. The van der Waals surface area contributed by atoms with Gasteiger partial charge in [-0.1, -0.05) is 30.7 Å². The quantitative estimate of drug-likeness (QED) is 0.372. The number of hydrogen-bond acceptors (Lipinski definition) is 8. The van der Waals surface area contributed by atoms with Gasteiger partial charge in [0.1, 0.15) is 12.2 Å². The first-order valence-electron chi connectivity index (χ1n) is 9.16. The van der Waals surface area contributed by atoms with Crippen LogP contribution in [0.4, 0.5) is 0 Å². The van der Waals surface area contributed by atoms with Gasteiger partial charge in [-0.25, -0.2) is 4.18 Å². The maximum atomic E-state index is 12.7. The lowest BCUT2D eigenvalue weighted by Crippen LogP contribution is -2.56. The van der Waals surface area contributed by atoms with Crippen molar-refractivity contribution in [2.75, 3.05) is 0 Å². The molecule has 1 aromatic rings. The van der Waals surface area contributed by atoms with E-state index in [9.17, 15) is 18.0 Å². The molecule has 1 fully saturated rings. The van der Waals surface area contributed by atoms with Crippen LogP contribution in [0.15, 0.2) is 41.8 Å². The molecular weight excluding hydrogens is 400 g/mol. The first-order chi connectivity index (χ1) is 13.5. The van der Waals surface area contributed by atoms with E-state index in [4.69, 9.17) is 18.4 Å². The summed E-state index contributed by atoms with van der Waals surface area (Å²) in [5.41, 5.74) is 0.888. The van der Waals surface area contributed by atoms with E-state index < -0.39 is 52.6 Å². The third-order valence-electron chi connectivity index (χ3n) is 4.51. The fourth-order valence-corrected chi connectivity index (χ4v) is 4.13. The van der Waals surface area contributed by atoms with Crippen LogP contribution in [0.1, 0.15) is 32.8 Å². The van der Waals surface area contributed by atoms with Gasteiger partial charge in [-0.2, -0.15) is 8.42 Å². The fraction of sp³-hybridized carbons (Fsp3) is 0.500. The van der Waals surface area contributed by atoms with Gasteiger partial charge in [-0.3, -0.25) is 9.59 Å². The molecule has 0 aromatic heterocycles. The molecule has 5 atom stereocenters. The van der Waals surface area contributed by atoms with E-state index in [2.05, 4.69) is 6.58 Å². The summed E-state index contributed by atoms with van der Waals surface area (Å²) >= 11 is 0. The number of ether oxygens (including phenoxy) is 3. The van der Waals surface area contributed by atoms with E-state index in [0.717, 1.165) is 5.56 Å². The number of benzene rings is 1. The molecular formula is C20H26O8S. The van der Waals surface area contributed by atoms with Crippen molar-refractivity contribution in [2.45, 2.75) is 63.6 Å². The van der Waals surface area contributed by atoms with E-state index >= 15 is 0 Å². The van der Waals surface area contributed by atoms with Gasteiger partial charge in [0.15, 0.2) is 6.10 Å². The molecule has 1 aliphatic heterocycles. The van der Waals surface area contributed by atoms with E-state index in [1.165, 1.54) is 26.0 Å². The van der Waals surface area contributed by atoms with Crippen LogP contribution in [0.2, 0.25) is 0 Å².